The van der Waals surface area contributed by atoms with Crippen molar-refractivity contribution in [2.24, 2.45) is 0 Å². The molecule has 2 N–H and O–H groups in total. The lowest BCUT2D eigenvalue weighted by molar-refractivity contribution is -0.735. The van der Waals surface area contributed by atoms with Crippen molar-refractivity contribution in [1.82, 2.24) is 9.90 Å². The van der Waals surface area contributed by atoms with Crippen LogP contribution in [0.25, 0.3) is 0 Å². The Balaban J connectivity index is 3.21. The number of hydrogen-bond acceptors (Lipinski definition) is 5. The molecule has 8 nitrogen and oxygen atoms in total. The Hall–Kier alpha value is -2.12. The topological polar surface area (TPSA) is 114 Å². The van der Waals surface area contributed by atoms with Gasteiger partial charge in [-0.15, -0.1) is 6.58 Å². The van der Waals surface area contributed by atoms with Crippen LogP contribution < -0.4 is 10.6 Å². The van der Waals surface area contributed by atoms with E-state index in [1.54, 1.807) is 0 Å². The molecular weight excluding hydrogens is 178 g/mol. The first-order valence-corrected chi connectivity index (χ1v) is 3.29. The maximum atomic E-state index is 11.1. The van der Waals surface area contributed by atoms with E-state index < -0.39 is 16.6 Å². The molecule has 0 aromatic carbocycles. The molecule has 70 valence electrons. The quantitative estimate of drug-likeness (QED) is 0.217. The maximum absolute atomic E-state index is 11.1. The highest BCUT2D eigenvalue weighted by Crippen LogP contribution is 2.11. The lowest BCUT2D eigenvalue weighted by Gasteiger charge is -1.93. The van der Waals surface area contributed by atoms with Crippen molar-refractivity contribution in [2.45, 2.75) is 6.54 Å². The molecule has 0 radical (unpaired) electrons. The van der Waals surface area contributed by atoms with E-state index in [4.69, 9.17) is 5.73 Å². The average molecular weight is 185 g/mol. The van der Waals surface area contributed by atoms with Gasteiger partial charge in [0.05, 0.1) is 0 Å². The average Bonchev–Trinajstić information content (AvgIpc) is 2.28. The van der Waals surface area contributed by atoms with Gasteiger partial charge in [0.1, 0.15) is 11.5 Å². The van der Waals surface area contributed by atoms with Crippen molar-refractivity contribution in [2.75, 3.05) is 5.73 Å². The fraction of sp³-hybridized carbons (Fsp3) is 0.200. The summed E-state index contributed by atoms with van der Waals surface area (Å²) in [6.45, 7) is 3.43. The van der Waals surface area contributed by atoms with Gasteiger partial charge in [-0.3, -0.25) is 10.1 Å². The molecule has 0 saturated carbocycles. The van der Waals surface area contributed by atoms with E-state index in [0.717, 1.165) is 4.80 Å². The van der Waals surface area contributed by atoms with Gasteiger partial charge in [-0.2, -0.15) is 0 Å². The number of nitrogens with two attached hydrogens (primary N) is 1. The molecular formula is C5H7N5O3. The van der Waals surface area contributed by atoms with Crippen molar-refractivity contribution in [1.29, 1.82) is 0 Å². The molecule has 0 amide bonds. The number of aromatic nitrogens is 3. The highest BCUT2D eigenvalue weighted by molar-refractivity contribution is 5.40. The fourth-order valence-corrected chi connectivity index (χ4v) is 0.811. The largest absolute Gasteiger partial charge is 0.590 e. The van der Waals surface area contributed by atoms with Crippen molar-refractivity contribution >= 4 is 11.6 Å². The Morgan fingerprint density at radius 3 is 2.85 bits per heavy atom. The van der Waals surface area contributed by atoms with Crippen LogP contribution in [0.4, 0.5) is 11.6 Å². The smallest absolute Gasteiger partial charge is 0.582 e. The zero-order valence-electron chi connectivity index (χ0n) is 6.58. The molecule has 0 aliphatic rings. The lowest BCUT2D eigenvalue weighted by atomic mass is 10.7. The molecule has 0 bridgehead atoms. The third kappa shape index (κ3) is 1.41. The summed E-state index contributed by atoms with van der Waals surface area (Å²) in [5.41, 5.74) is 5.14. The van der Waals surface area contributed by atoms with Crippen LogP contribution in [0, 0.1) is 15.3 Å². The number of nitrogens with zero attached hydrogens (tertiary/aromatic N) is 4. The van der Waals surface area contributed by atoms with Gasteiger partial charge in [-0.1, -0.05) is 11.2 Å². The molecule has 1 aromatic rings. The second kappa shape index (κ2) is 3.09. The Morgan fingerprint density at radius 2 is 2.46 bits per heavy atom. The van der Waals surface area contributed by atoms with Gasteiger partial charge < -0.3 is 10.9 Å². The van der Waals surface area contributed by atoms with E-state index in [-0.39, 0.29) is 11.4 Å². The van der Waals surface area contributed by atoms with Crippen LogP contribution in [-0.4, -0.2) is 14.8 Å². The van der Waals surface area contributed by atoms with E-state index in [1.807, 2.05) is 0 Å². The van der Waals surface area contributed by atoms with Gasteiger partial charge in [-0.05, 0) is 4.80 Å². The van der Waals surface area contributed by atoms with Crippen molar-refractivity contribution < 1.29 is 9.77 Å². The molecule has 0 atom stereocenters. The number of anilines is 1. The summed E-state index contributed by atoms with van der Waals surface area (Å²) in [4.78, 5) is 10.2. The molecule has 0 spiro atoms. The highest BCUT2D eigenvalue weighted by Gasteiger charge is 2.31. The molecule has 1 heterocycles. The standard InChI is InChI=1S/C5H7N5O3/c1-2-3-8-7-4(6)5(9(8)11)10(12)13/h2H,1,3H2,(H2,6,7). The molecule has 1 aromatic heterocycles. The predicted molar refractivity (Wildman–Crippen MR) is 42.5 cm³/mol. The van der Waals surface area contributed by atoms with E-state index >= 15 is 0 Å². The van der Waals surface area contributed by atoms with Gasteiger partial charge in [-0.25, -0.2) is 0 Å². The number of allylic oxidation sites excluding steroid dienone is 1. The monoisotopic (exact) mass is 185 g/mol. The fourth-order valence-electron chi connectivity index (χ4n) is 0.811. The third-order valence-electron chi connectivity index (χ3n) is 1.31. The van der Waals surface area contributed by atoms with Crippen LogP contribution in [0.2, 0.25) is 0 Å². The predicted octanol–water partition coefficient (Wildman–Crippen LogP) is -0.807. The van der Waals surface area contributed by atoms with Crippen LogP contribution >= 0.6 is 0 Å². The highest BCUT2D eigenvalue weighted by atomic mass is 16.6. The van der Waals surface area contributed by atoms with Gasteiger partial charge >= 0.3 is 11.6 Å². The summed E-state index contributed by atoms with van der Waals surface area (Å²) >= 11 is 0. The molecule has 0 fully saturated rings. The van der Waals surface area contributed by atoms with Crippen LogP contribution in [0.1, 0.15) is 0 Å². The molecule has 1 rings (SSSR count). The van der Waals surface area contributed by atoms with Gasteiger partial charge in [0.2, 0.25) is 0 Å². The Morgan fingerprint density at radius 1 is 1.85 bits per heavy atom. The second-order valence-electron chi connectivity index (χ2n) is 2.18. The third-order valence-corrected chi connectivity index (χ3v) is 1.31. The zero-order chi connectivity index (χ0) is 10.0. The minimum absolute atomic E-state index is 0.0248. The molecule has 0 aliphatic carbocycles. The van der Waals surface area contributed by atoms with E-state index in [1.165, 1.54) is 6.08 Å². The second-order valence-corrected chi connectivity index (χ2v) is 2.18. The number of rotatable bonds is 3. The van der Waals surface area contributed by atoms with E-state index in [9.17, 15) is 15.3 Å². The zero-order valence-corrected chi connectivity index (χ0v) is 6.58. The van der Waals surface area contributed by atoms with Crippen molar-refractivity contribution in [3.05, 3.63) is 28.0 Å². The van der Waals surface area contributed by atoms with Gasteiger partial charge in [0.15, 0.2) is 0 Å². The summed E-state index contributed by atoms with van der Waals surface area (Å²) in [7, 11) is 0. The SMILES string of the molecule is C=CCn1nc(N)c([N+](=O)[O-])[n+]1[O-]. The van der Waals surface area contributed by atoms with Crippen molar-refractivity contribution in [3.8, 4) is 0 Å². The minimum Gasteiger partial charge on any atom is -0.590 e. The summed E-state index contributed by atoms with van der Waals surface area (Å²) in [6, 6.07) is 0. The first kappa shape index (κ1) is 8.97. The van der Waals surface area contributed by atoms with Gasteiger partial charge in [0.25, 0.3) is 0 Å². The van der Waals surface area contributed by atoms with Crippen LogP contribution in [0.3, 0.4) is 0 Å². The molecule has 0 saturated heterocycles. The normalized spacial score (nSPS) is 9.85. The van der Waals surface area contributed by atoms with Crippen LogP contribution in [0.5, 0.6) is 0 Å². The summed E-state index contributed by atoms with van der Waals surface area (Å²) in [5.74, 6) is -1.16. The Labute approximate surface area is 72.6 Å². The van der Waals surface area contributed by atoms with E-state index in [2.05, 4.69) is 11.7 Å². The molecule has 0 aliphatic heterocycles. The van der Waals surface area contributed by atoms with E-state index in [0.29, 0.717) is 0 Å². The Bertz CT molecular complexity index is 357. The summed E-state index contributed by atoms with van der Waals surface area (Å²) < 4.78 is 0. The molecule has 0 unspecified atom stereocenters. The maximum Gasteiger partial charge on any atom is 0.582 e. The Kier molecular flexibility index (Phi) is 2.13. The number of nitrogen functional groups attached to an aromatic ring is 1. The number of nitro groups is 1. The van der Waals surface area contributed by atoms with Crippen LogP contribution in [0.15, 0.2) is 12.7 Å². The van der Waals surface area contributed by atoms with Gasteiger partial charge in [0, 0.05) is 4.85 Å². The lowest BCUT2D eigenvalue weighted by Crippen LogP contribution is -2.39. The number of hydrogen-bond donors (Lipinski definition) is 1. The molecule has 8 heteroatoms. The minimum atomic E-state index is -0.880. The summed E-state index contributed by atoms with van der Waals surface area (Å²) in [6.07, 6.45) is 1.38. The van der Waals surface area contributed by atoms with Crippen LogP contribution in [-0.2, 0) is 6.54 Å². The van der Waals surface area contributed by atoms with Crippen molar-refractivity contribution in [3.63, 3.8) is 0 Å². The first-order valence-electron chi connectivity index (χ1n) is 3.29. The first-order chi connectivity index (χ1) is 6.07. The summed E-state index contributed by atoms with van der Waals surface area (Å²) in [5, 5.41) is 24.8. The molecule has 13 heavy (non-hydrogen) atoms.